The Morgan fingerprint density at radius 1 is 1.17 bits per heavy atom. The fourth-order valence-corrected chi connectivity index (χ4v) is 5.25. The average molecular weight is 489 g/mol. The van der Waals surface area contributed by atoms with E-state index in [2.05, 4.69) is 36.1 Å². The first kappa shape index (κ1) is 23.1. The zero-order valence-electron chi connectivity index (χ0n) is 20.6. The Kier molecular flexibility index (Phi) is 6.18. The van der Waals surface area contributed by atoms with Gasteiger partial charge in [0.2, 0.25) is 0 Å². The van der Waals surface area contributed by atoms with Gasteiger partial charge in [0, 0.05) is 51.1 Å². The molecule has 3 aromatic rings. The SMILES string of the molecule is Cc1nc(C(=O)NC2CCOC2)ccc1N1CCN(Cc2cnc3cc(C4CC4)c(=O)[nH]c3c2)CC1. The lowest BCUT2D eigenvalue weighted by molar-refractivity contribution is 0.0924. The molecular weight excluding hydrogens is 456 g/mol. The number of rotatable bonds is 6. The van der Waals surface area contributed by atoms with E-state index in [1.807, 2.05) is 31.3 Å². The standard InChI is InChI=1S/C27H32N6O3/c1-17-25(5-4-22(29-17)27(35)30-20-6-11-36-16-20)33-9-7-32(8-10-33)15-18-12-24-23(28-14-18)13-21(19-2-3-19)26(34)31-24/h4-5,12-14,19-20H,2-3,6-11,15-16H2,1H3,(H,30,35)(H,31,34). The number of carbonyl (C=O) groups is 1. The maximum atomic E-state index is 12.5. The highest BCUT2D eigenvalue weighted by Gasteiger charge is 2.27. The molecule has 1 atom stereocenters. The number of nitrogens with one attached hydrogen (secondary N) is 2. The number of pyridine rings is 3. The molecule has 6 rings (SSSR count). The van der Waals surface area contributed by atoms with Gasteiger partial charge in [0.15, 0.2) is 0 Å². The minimum atomic E-state index is -0.140. The lowest BCUT2D eigenvalue weighted by atomic mass is 10.1. The second-order valence-electron chi connectivity index (χ2n) is 10.2. The van der Waals surface area contributed by atoms with Crippen LogP contribution in [0.3, 0.4) is 0 Å². The van der Waals surface area contributed by atoms with E-state index in [-0.39, 0.29) is 17.5 Å². The lowest BCUT2D eigenvalue weighted by Crippen LogP contribution is -2.46. The number of hydrogen-bond donors (Lipinski definition) is 2. The molecule has 3 aliphatic rings. The third-order valence-electron chi connectivity index (χ3n) is 7.47. The van der Waals surface area contributed by atoms with E-state index in [1.165, 1.54) is 0 Å². The molecule has 2 N–H and O–H groups in total. The van der Waals surface area contributed by atoms with Crippen LogP contribution in [0, 0.1) is 6.92 Å². The molecule has 3 aromatic heterocycles. The van der Waals surface area contributed by atoms with Crippen molar-refractivity contribution in [3.63, 3.8) is 0 Å². The number of piperazine rings is 1. The van der Waals surface area contributed by atoms with Crippen molar-refractivity contribution in [2.45, 2.75) is 44.7 Å². The third-order valence-corrected chi connectivity index (χ3v) is 7.47. The second-order valence-corrected chi connectivity index (χ2v) is 10.2. The van der Waals surface area contributed by atoms with E-state index in [1.54, 1.807) is 0 Å². The highest BCUT2D eigenvalue weighted by atomic mass is 16.5. The third kappa shape index (κ3) is 4.85. The van der Waals surface area contributed by atoms with Crippen molar-refractivity contribution in [2.75, 3.05) is 44.3 Å². The summed E-state index contributed by atoms with van der Waals surface area (Å²) in [6, 6.07) is 7.92. The summed E-state index contributed by atoms with van der Waals surface area (Å²) < 4.78 is 5.34. The molecule has 0 aromatic carbocycles. The van der Waals surface area contributed by atoms with Gasteiger partial charge in [0.05, 0.1) is 35.1 Å². The van der Waals surface area contributed by atoms with Crippen LogP contribution in [0.15, 0.2) is 35.3 Å². The molecule has 2 aliphatic heterocycles. The maximum absolute atomic E-state index is 12.5. The number of aromatic amines is 1. The van der Waals surface area contributed by atoms with Gasteiger partial charge in [-0.25, -0.2) is 4.98 Å². The molecule has 0 bridgehead atoms. The number of amides is 1. The van der Waals surface area contributed by atoms with Crippen LogP contribution in [-0.4, -0.2) is 71.2 Å². The van der Waals surface area contributed by atoms with Gasteiger partial charge in [-0.15, -0.1) is 0 Å². The fraction of sp³-hybridized carbons (Fsp3) is 0.481. The molecule has 1 amide bonds. The molecule has 36 heavy (non-hydrogen) atoms. The van der Waals surface area contributed by atoms with Crippen LogP contribution >= 0.6 is 0 Å². The Labute approximate surface area is 209 Å². The molecule has 1 aliphatic carbocycles. The van der Waals surface area contributed by atoms with E-state index >= 15 is 0 Å². The number of ether oxygens (including phenoxy) is 1. The average Bonchev–Trinajstić information content (AvgIpc) is 3.59. The van der Waals surface area contributed by atoms with E-state index in [0.29, 0.717) is 24.8 Å². The molecule has 1 saturated carbocycles. The van der Waals surface area contributed by atoms with Crippen molar-refractivity contribution >= 4 is 22.6 Å². The zero-order valence-corrected chi connectivity index (χ0v) is 20.6. The Balaban J connectivity index is 1.07. The molecule has 3 fully saturated rings. The normalized spacial score (nSPS) is 20.7. The second kappa shape index (κ2) is 9.63. The van der Waals surface area contributed by atoms with Crippen LogP contribution in [-0.2, 0) is 11.3 Å². The van der Waals surface area contributed by atoms with Gasteiger partial charge >= 0.3 is 0 Å². The summed E-state index contributed by atoms with van der Waals surface area (Å²) in [5.41, 5.74) is 6.07. The molecule has 0 spiro atoms. The first-order chi connectivity index (χ1) is 17.5. The van der Waals surface area contributed by atoms with Crippen LogP contribution in [0.2, 0.25) is 0 Å². The quantitative estimate of drug-likeness (QED) is 0.549. The van der Waals surface area contributed by atoms with Crippen LogP contribution < -0.4 is 15.8 Å². The lowest BCUT2D eigenvalue weighted by Gasteiger charge is -2.36. The molecule has 188 valence electrons. The van der Waals surface area contributed by atoms with Crippen LogP contribution in [0.1, 0.15) is 52.5 Å². The fourth-order valence-electron chi connectivity index (χ4n) is 5.25. The van der Waals surface area contributed by atoms with Crippen LogP contribution in [0.25, 0.3) is 11.0 Å². The number of aromatic nitrogens is 3. The zero-order chi connectivity index (χ0) is 24.6. The summed E-state index contributed by atoms with van der Waals surface area (Å²) in [6.45, 7) is 7.63. The first-order valence-corrected chi connectivity index (χ1v) is 12.9. The van der Waals surface area contributed by atoms with Gasteiger partial charge in [-0.2, -0.15) is 0 Å². The number of anilines is 1. The Hall–Kier alpha value is -3.30. The maximum Gasteiger partial charge on any atom is 0.270 e. The predicted octanol–water partition coefficient (Wildman–Crippen LogP) is 2.34. The molecule has 1 unspecified atom stereocenters. The van der Waals surface area contributed by atoms with Crippen molar-refractivity contribution in [3.8, 4) is 0 Å². The topological polar surface area (TPSA) is 103 Å². The van der Waals surface area contributed by atoms with E-state index in [9.17, 15) is 9.59 Å². The van der Waals surface area contributed by atoms with Gasteiger partial charge < -0.3 is 19.9 Å². The Bertz CT molecular complexity index is 1340. The molecule has 2 saturated heterocycles. The number of carbonyl (C=O) groups excluding carboxylic acids is 1. The highest BCUT2D eigenvalue weighted by Crippen LogP contribution is 2.38. The Morgan fingerprint density at radius 3 is 2.72 bits per heavy atom. The monoisotopic (exact) mass is 488 g/mol. The van der Waals surface area contributed by atoms with Crippen LogP contribution in [0.4, 0.5) is 5.69 Å². The van der Waals surface area contributed by atoms with Crippen molar-refractivity contribution in [2.24, 2.45) is 0 Å². The summed E-state index contributed by atoms with van der Waals surface area (Å²) in [6.07, 6.45) is 4.98. The molecule has 0 radical (unpaired) electrons. The van der Waals surface area contributed by atoms with Crippen LogP contribution in [0.5, 0.6) is 0 Å². The van der Waals surface area contributed by atoms with E-state index in [4.69, 9.17) is 4.74 Å². The minimum Gasteiger partial charge on any atom is -0.379 e. The molecular formula is C27H32N6O3. The predicted molar refractivity (Wildman–Crippen MR) is 137 cm³/mol. The number of aryl methyl sites for hydroxylation is 1. The van der Waals surface area contributed by atoms with Crippen molar-refractivity contribution < 1.29 is 9.53 Å². The van der Waals surface area contributed by atoms with Crippen molar-refractivity contribution in [3.05, 3.63) is 63.3 Å². The summed E-state index contributed by atoms with van der Waals surface area (Å²) in [7, 11) is 0. The smallest absolute Gasteiger partial charge is 0.270 e. The van der Waals surface area contributed by atoms with Gasteiger partial charge in [0.1, 0.15) is 5.69 Å². The van der Waals surface area contributed by atoms with Gasteiger partial charge in [-0.3, -0.25) is 19.5 Å². The highest BCUT2D eigenvalue weighted by molar-refractivity contribution is 5.92. The number of H-pyrrole nitrogens is 1. The number of nitrogens with zero attached hydrogens (tertiary/aromatic N) is 4. The van der Waals surface area contributed by atoms with Gasteiger partial charge in [0.25, 0.3) is 11.5 Å². The minimum absolute atomic E-state index is 0.0256. The van der Waals surface area contributed by atoms with E-state index in [0.717, 1.165) is 85.5 Å². The molecule has 5 heterocycles. The summed E-state index contributed by atoms with van der Waals surface area (Å²) in [4.78, 5) is 42.0. The summed E-state index contributed by atoms with van der Waals surface area (Å²) >= 11 is 0. The van der Waals surface area contributed by atoms with Crippen molar-refractivity contribution in [1.29, 1.82) is 0 Å². The largest absolute Gasteiger partial charge is 0.379 e. The van der Waals surface area contributed by atoms with Gasteiger partial charge in [-0.1, -0.05) is 0 Å². The summed E-state index contributed by atoms with van der Waals surface area (Å²) in [5, 5.41) is 3.00. The molecule has 9 heteroatoms. The van der Waals surface area contributed by atoms with Gasteiger partial charge in [-0.05, 0) is 61.9 Å². The van der Waals surface area contributed by atoms with Crippen molar-refractivity contribution in [1.82, 2.24) is 25.2 Å². The number of fused-ring (bicyclic) bond motifs is 1. The Morgan fingerprint density at radius 2 is 2.00 bits per heavy atom. The summed E-state index contributed by atoms with van der Waals surface area (Å²) in [5.74, 6) is 0.272. The first-order valence-electron chi connectivity index (χ1n) is 12.9. The number of hydrogen-bond acceptors (Lipinski definition) is 7. The van der Waals surface area contributed by atoms with E-state index < -0.39 is 0 Å². The molecule has 9 nitrogen and oxygen atoms in total.